The number of ether oxygens (including phenoxy) is 1. The Morgan fingerprint density at radius 1 is 1.42 bits per heavy atom. The number of hydrogen-bond acceptors (Lipinski definition) is 2. The Bertz CT molecular complexity index is 550. The standard InChI is InChI=1S/C20H35NO2S/c1-16-9-8-11-19(2,3)17(16)15-23-14-13-21(6)20(4,5)12-10-18(22)24-7/h22,24H,8-9,11,13-15H2,1-7H3. The van der Waals surface area contributed by atoms with Crippen LogP contribution in [0.25, 0.3) is 0 Å². The van der Waals surface area contributed by atoms with E-state index in [-0.39, 0.29) is 16.0 Å². The summed E-state index contributed by atoms with van der Waals surface area (Å²) in [7, 11) is 2.05. The summed E-state index contributed by atoms with van der Waals surface area (Å²) in [6.45, 7) is 13.3. The molecule has 4 heteroatoms. The number of aliphatic hydroxyl groups is 1. The lowest BCUT2D eigenvalue weighted by molar-refractivity contribution is 0.0946. The molecule has 0 atom stereocenters. The molecule has 0 heterocycles. The van der Waals surface area contributed by atoms with E-state index in [1.807, 2.05) is 13.3 Å². The summed E-state index contributed by atoms with van der Waals surface area (Å²) in [6, 6.07) is 0. The van der Waals surface area contributed by atoms with Crippen LogP contribution in [0.15, 0.2) is 11.1 Å². The van der Waals surface area contributed by atoms with Crippen LogP contribution in [-0.2, 0) is 4.74 Å². The molecule has 0 saturated heterocycles. The molecule has 3 nitrogen and oxygen atoms in total. The Morgan fingerprint density at radius 2 is 2.08 bits per heavy atom. The summed E-state index contributed by atoms with van der Waals surface area (Å²) >= 11 is 0.811. The van der Waals surface area contributed by atoms with Gasteiger partial charge >= 0.3 is 0 Å². The van der Waals surface area contributed by atoms with Gasteiger partial charge in [-0.15, -0.1) is 0 Å². The number of rotatable bonds is 6. The van der Waals surface area contributed by atoms with E-state index in [4.69, 9.17) is 4.74 Å². The molecule has 0 spiro atoms. The number of allylic oxidation sites excluding steroid dienone is 1. The van der Waals surface area contributed by atoms with Crippen molar-refractivity contribution in [3.8, 4) is 11.8 Å². The molecule has 0 aromatic rings. The maximum absolute atomic E-state index is 9.52. The van der Waals surface area contributed by atoms with Crippen molar-refractivity contribution in [3.63, 3.8) is 0 Å². The predicted octanol–water partition coefficient (Wildman–Crippen LogP) is 4.03. The first-order chi connectivity index (χ1) is 11.1. The van der Waals surface area contributed by atoms with Crippen molar-refractivity contribution in [1.82, 2.24) is 4.90 Å². The third-order valence-electron chi connectivity index (χ3n) is 5.15. The van der Waals surface area contributed by atoms with Gasteiger partial charge in [0, 0.05) is 6.54 Å². The smallest absolute Gasteiger partial charge is 0.145 e. The summed E-state index contributed by atoms with van der Waals surface area (Å²) in [5.74, 6) is 5.97. The SMILES string of the molecule is C[SH]=C(O)C#CC(C)(C)N(C)CCOCC1=C(C)CCCC1(C)C. The summed E-state index contributed by atoms with van der Waals surface area (Å²) < 4.78 is 5.99. The lowest BCUT2D eigenvalue weighted by atomic mass is 9.73. The monoisotopic (exact) mass is 353 g/mol. The van der Waals surface area contributed by atoms with E-state index in [1.54, 1.807) is 0 Å². The van der Waals surface area contributed by atoms with E-state index in [0.717, 1.165) is 24.5 Å². The Labute approximate surface area is 152 Å². The fourth-order valence-electron chi connectivity index (χ4n) is 3.01. The topological polar surface area (TPSA) is 32.7 Å². The highest BCUT2D eigenvalue weighted by Crippen LogP contribution is 2.39. The van der Waals surface area contributed by atoms with Crippen LogP contribution in [0.2, 0.25) is 0 Å². The van der Waals surface area contributed by atoms with Gasteiger partial charge in [-0.2, -0.15) is 11.4 Å². The molecule has 0 amide bonds. The third kappa shape index (κ3) is 6.37. The number of aliphatic hydroxyl groups excluding tert-OH is 1. The molecule has 0 aromatic carbocycles. The van der Waals surface area contributed by atoms with Gasteiger partial charge in [-0.05, 0) is 70.2 Å². The molecule has 138 valence electrons. The van der Waals surface area contributed by atoms with Crippen LogP contribution in [0.3, 0.4) is 0 Å². The summed E-state index contributed by atoms with van der Waals surface area (Å²) in [5, 5.41) is 9.74. The Hall–Kier alpha value is -0.600. The van der Waals surface area contributed by atoms with Crippen molar-refractivity contribution in [3.05, 3.63) is 11.1 Å². The van der Waals surface area contributed by atoms with Gasteiger partial charge in [-0.3, -0.25) is 4.90 Å². The first kappa shape index (κ1) is 21.4. The summed E-state index contributed by atoms with van der Waals surface area (Å²) in [6.07, 6.45) is 5.63. The maximum atomic E-state index is 9.52. The zero-order valence-corrected chi connectivity index (χ0v) is 17.4. The highest BCUT2D eigenvalue weighted by atomic mass is 32.1. The Morgan fingerprint density at radius 3 is 2.67 bits per heavy atom. The van der Waals surface area contributed by atoms with Crippen LogP contribution in [-0.4, -0.2) is 53.7 Å². The summed E-state index contributed by atoms with van der Waals surface area (Å²) in [4.78, 5) is 2.17. The van der Waals surface area contributed by atoms with Crippen molar-refractivity contribution in [2.75, 3.05) is 33.1 Å². The molecule has 0 unspecified atom stereocenters. The fraction of sp³-hybridized carbons (Fsp3) is 0.750. The number of nitrogens with zero attached hydrogens (tertiary/aromatic N) is 1. The van der Waals surface area contributed by atoms with Crippen molar-refractivity contribution in [2.24, 2.45) is 5.41 Å². The van der Waals surface area contributed by atoms with Gasteiger partial charge in [0.15, 0.2) is 0 Å². The molecule has 1 aliphatic carbocycles. The first-order valence-electron chi connectivity index (χ1n) is 8.77. The average Bonchev–Trinajstić information content (AvgIpc) is 2.50. The van der Waals surface area contributed by atoms with Gasteiger partial charge in [0.25, 0.3) is 0 Å². The van der Waals surface area contributed by atoms with Crippen LogP contribution < -0.4 is 0 Å². The minimum Gasteiger partial charge on any atom is -0.376 e. The zero-order valence-electron chi connectivity index (χ0n) is 16.5. The first-order valence-corrected chi connectivity index (χ1v) is 10.1. The molecule has 0 radical (unpaired) electrons. The van der Waals surface area contributed by atoms with Gasteiger partial charge in [0.2, 0.25) is 0 Å². The van der Waals surface area contributed by atoms with Crippen LogP contribution >= 0.6 is 11.4 Å². The Balaban J connectivity index is 2.51. The van der Waals surface area contributed by atoms with Gasteiger partial charge < -0.3 is 9.84 Å². The second kappa shape index (κ2) is 9.20. The van der Waals surface area contributed by atoms with E-state index >= 15 is 0 Å². The molecular formula is C20H35NO2S. The van der Waals surface area contributed by atoms with Gasteiger partial charge in [-0.1, -0.05) is 25.3 Å². The van der Waals surface area contributed by atoms with Gasteiger partial charge in [0.1, 0.15) is 5.05 Å². The molecule has 1 aliphatic rings. The molecule has 1 N–H and O–H groups in total. The van der Waals surface area contributed by atoms with E-state index in [9.17, 15) is 5.11 Å². The zero-order chi connectivity index (χ0) is 18.4. The van der Waals surface area contributed by atoms with Gasteiger partial charge in [-0.25, -0.2) is 0 Å². The lowest BCUT2D eigenvalue weighted by Crippen LogP contribution is -2.42. The maximum Gasteiger partial charge on any atom is 0.145 e. The van der Waals surface area contributed by atoms with Crippen molar-refractivity contribution >= 4 is 16.4 Å². The van der Waals surface area contributed by atoms with Crippen LogP contribution in [0.4, 0.5) is 0 Å². The fourth-order valence-corrected chi connectivity index (χ4v) is 3.18. The van der Waals surface area contributed by atoms with E-state index < -0.39 is 0 Å². The normalized spacial score (nSPS) is 19.0. The van der Waals surface area contributed by atoms with Crippen LogP contribution in [0.1, 0.15) is 53.9 Å². The highest BCUT2D eigenvalue weighted by molar-refractivity contribution is 7.98. The molecule has 1 rings (SSSR count). The third-order valence-corrected chi connectivity index (χ3v) is 5.68. The van der Waals surface area contributed by atoms with Crippen molar-refractivity contribution < 1.29 is 9.84 Å². The minimum atomic E-state index is -0.290. The molecule has 0 fully saturated rings. The number of thiol groups is 1. The molecule has 0 aromatic heterocycles. The molecular weight excluding hydrogens is 318 g/mol. The van der Waals surface area contributed by atoms with Gasteiger partial charge in [0.05, 0.1) is 18.8 Å². The number of likely N-dealkylation sites (N-methyl/N-ethyl adjacent to an activating group) is 1. The van der Waals surface area contributed by atoms with E-state index in [0.29, 0.717) is 6.61 Å². The summed E-state index contributed by atoms with van der Waals surface area (Å²) in [5.41, 5.74) is 2.97. The van der Waals surface area contributed by atoms with E-state index in [1.165, 1.54) is 30.4 Å². The minimum absolute atomic E-state index is 0.217. The molecule has 24 heavy (non-hydrogen) atoms. The van der Waals surface area contributed by atoms with Crippen LogP contribution in [0.5, 0.6) is 0 Å². The van der Waals surface area contributed by atoms with Crippen LogP contribution in [0, 0.1) is 17.3 Å². The predicted molar refractivity (Wildman–Crippen MR) is 108 cm³/mol. The second-order valence-corrected chi connectivity index (χ2v) is 8.70. The Kier molecular flexibility index (Phi) is 8.22. The molecule has 0 saturated carbocycles. The van der Waals surface area contributed by atoms with Crippen molar-refractivity contribution in [1.29, 1.82) is 0 Å². The molecule has 0 bridgehead atoms. The lowest BCUT2D eigenvalue weighted by Gasteiger charge is -2.35. The number of hydrogen-bond donors (Lipinski definition) is 2. The van der Waals surface area contributed by atoms with Crippen molar-refractivity contribution in [2.45, 2.75) is 59.4 Å². The van der Waals surface area contributed by atoms with E-state index in [2.05, 4.69) is 51.4 Å². The molecule has 0 aliphatic heterocycles. The quantitative estimate of drug-likeness (QED) is 0.249. The largest absolute Gasteiger partial charge is 0.376 e. The second-order valence-electron chi connectivity index (χ2n) is 7.83. The average molecular weight is 354 g/mol. The highest BCUT2D eigenvalue weighted by Gasteiger charge is 2.28.